The average Bonchev–Trinajstić information content (AvgIpc) is 2.28. The Morgan fingerprint density at radius 2 is 1.89 bits per heavy atom. The maximum atomic E-state index is 12.5. The first-order valence-electron chi connectivity index (χ1n) is 4.94. The quantitative estimate of drug-likeness (QED) is 0.849. The van der Waals surface area contributed by atoms with Gasteiger partial charge in [-0.25, -0.2) is 8.42 Å². The van der Waals surface area contributed by atoms with Gasteiger partial charge in [-0.1, -0.05) is 12.1 Å². The van der Waals surface area contributed by atoms with Crippen LogP contribution in [0.25, 0.3) is 0 Å². The molecule has 1 rings (SSSR count). The number of hydrogen-bond donors (Lipinski definition) is 1. The first kappa shape index (κ1) is 15.2. The summed E-state index contributed by atoms with van der Waals surface area (Å²) < 4.78 is 60.1. The summed E-state index contributed by atoms with van der Waals surface area (Å²) in [6.07, 6.45) is 1.85. The van der Waals surface area contributed by atoms with Crippen LogP contribution in [0.1, 0.15) is 0 Å². The molecule has 0 heterocycles. The third kappa shape index (κ3) is 3.32. The molecule has 0 aliphatic heterocycles. The van der Waals surface area contributed by atoms with E-state index in [2.05, 4.69) is 5.32 Å². The summed E-state index contributed by atoms with van der Waals surface area (Å²) in [5.41, 5.74) is -5.31. The highest BCUT2D eigenvalue weighted by Gasteiger charge is 2.47. The molecule has 18 heavy (non-hydrogen) atoms. The Kier molecular flexibility index (Phi) is 4.92. The first-order valence-corrected chi connectivity index (χ1v) is 7.81. The zero-order valence-corrected chi connectivity index (χ0v) is 11.1. The highest BCUT2D eigenvalue weighted by molar-refractivity contribution is 7.98. The van der Waals surface area contributed by atoms with Crippen molar-refractivity contribution in [2.45, 2.75) is 10.4 Å². The summed E-state index contributed by atoms with van der Waals surface area (Å²) in [5.74, 6) is 0.667. The molecule has 102 valence electrons. The lowest BCUT2D eigenvalue weighted by Crippen LogP contribution is -2.24. The fourth-order valence-electron chi connectivity index (χ4n) is 1.26. The van der Waals surface area contributed by atoms with Gasteiger partial charge in [0.1, 0.15) is 0 Å². The number of benzene rings is 1. The van der Waals surface area contributed by atoms with Crippen LogP contribution in [0.2, 0.25) is 0 Å². The number of hydrogen-bond acceptors (Lipinski definition) is 4. The highest BCUT2D eigenvalue weighted by atomic mass is 32.2. The van der Waals surface area contributed by atoms with Gasteiger partial charge in [0.15, 0.2) is 0 Å². The zero-order chi connectivity index (χ0) is 13.8. The van der Waals surface area contributed by atoms with E-state index in [1.807, 2.05) is 6.26 Å². The van der Waals surface area contributed by atoms with Crippen LogP contribution in [0.4, 0.5) is 18.9 Å². The summed E-state index contributed by atoms with van der Waals surface area (Å²) in [5, 5.41) is 2.69. The fraction of sp³-hybridized carbons (Fsp3) is 0.400. The molecule has 0 saturated carbocycles. The summed E-state index contributed by atoms with van der Waals surface area (Å²) in [6, 6.07) is 5.01. The molecule has 0 atom stereocenters. The lowest BCUT2D eigenvalue weighted by molar-refractivity contribution is -0.0435. The van der Waals surface area contributed by atoms with E-state index in [9.17, 15) is 21.6 Å². The molecule has 0 unspecified atom stereocenters. The van der Waals surface area contributed by atoms with Crippen LogP contribution in [0.3, 0.4) is 0 Å². The molecule has 1 aromatic carbocycles. The van der Waals surface area contributed by atoms with E-state index in [1.165, 1.54) is 30.0 Å². The molecule has 0 radical (unpaired) electrons. The van der Waals surface area contributed by atoms with Crippen molar-refractivity contribution in [1.29, 1.82) is 0 Å². The molecule has 0 aliphatic rings. The summed E-state index contributed by atoms with van der Waals surface area (Å²) in [4.78, 5) is -0.737. The summed E-state index contributed by atoms with van der Waals surface area (Å²) in [7, 11) is -5.31. The van der Waals surface area contributed by atoms with Crippen molar-refractivity contribution in [3.8, 4) is 0 Å². The Bertz CT molecular complexity index is 500. The van der Waals surface area contributed by atoms with Crippen LogP contribution in [-0.4, -0.2) is 32.5 Å². The van der Waals surface area contributed by atoms with Crippen molar-refractivity contribution in [2.75, 3.05) is 23.9 Å². The Morgan fingerprint density at radius 1 is 1.28 bits per heavy atom. The van der Waals surface area contributed by atoms with Crippen molar-refractivity contribution < 1.29 is 21.6 Å². The van der Waals surface area contributed by atoms with Crippen molar-refractivity contribution in [3.63, 3.8) is 0 Å². The van der Waals surface area contributed by atoms with Crippen LogP contribution < -0.4 is 5.32 Å². The average molecular weight is 299 g/mol. The van der Waals surface area contributed by atoms with E-state index < -0.39 is 20.2 Å². The SMILES string of the molecule is CSCCNc1ccccc1S(=O)(=O)C(F)(F)F. The van der Waals surface area contributed by atoms with E-state index in [1.54, 1.807) is 0 Å². The molecule has 0 fully saturated rings. The molecule has 3 nitrogen and oxygen atoms in total. The van der Waals surface area contributed by atoms with Gasteiger partial charge in [-0.15, -0.1) is 0 Å². The van der Waals surface area contributed by atoms with Crippen LogP contribution in [0.5, 0.6) is 0 Å². The molecule has 8 heteroatoms. The van der Waals surface area contributed by atoms with Gasteiger partial charge in [0, 0.05) is 12.3 Å². The minimum absolute atomic E-state index is 0.0242. The summed E-state index contributed by atoms with van der Waals surface area (Å²) >= 11 is 1.51. The van der Waals surface area contributed by atoms with Crippen molar-refractivity contribution in [3.05, 3.63) is 24.3 Å². The molecule has 0 aliphatic carbocycles. The van der Waals surface area contributed by atoms with Gasteiger partial charge in [-0.2, -0.15) is 24.9 Å². The Hall–Kier alpha value is -0.890. The van der Waals surface area contributed by atoms with E-state index in [-0.39, 0.29) is 5.69 Å². The lowest BCUT2D eigenvalue weighted by Gasteiger charge is -2.13. The Labute approximate surface area is 108 Å². The van der Waals surface area contributed by atoms with Crippen molar-refractivity contribution in [2.24, 2.45) is 0 Å². The second-order valence-corrected chi connectivity index (χ2v) is 6.26. The molecule has 0 amide bonds. The third-order valence-electron chi connectivity index (χ3n) is 2.10. The largest absolute Gasteiger partial charge is 0.501 e. The maximum Gasteiger partial charge on any atom is 0.501 e. The fourth-order valence-corrected chi connectivity index (χ4v) is 2.50. The number of thioether (sulfide) groups is 1. The second kappa shape index (κ2) is 5.83. The second-order valence-electron chi connectivity index (χ2n) is 3.36. The number of sulfone groups is 1. The monoisotopic (exact) mass is 299 g/mol. The van der Waals surface area contributed by atoms with Gasteiger partial charge in [0.05, 0.1) is 10.6 Å². The van der Waals surface area contributed by atoms with Crippen molar-refractivity contribution >= 4 is 27.3 Å². The molecule has 1 N–H and O–H groups in total. The van der Waals surface area contributed by atoms with Gasteiger partial charge < -0.3 is 5.32 Å². The minimum Gasteiger partial charge on any atom is -0.383 e. The topological polar surface area (TPSA) is 46.2 Å². The lowest BCUT2D eigenvalue weighted by atomic mass is 10.3. The molecule has 1 aromatic rings. The molecule has 0 aromatic heterocycles. The van der Waals surface area contributed by atoms with E-state index in [4.69, 9.17) is 0 Å². The number of halogens is 3. The molecular weight excluding hydrogens is 287 g/mol. The smallest absolute Gasteiger partial charge is 0.383 e. The Balaban J connectivity index is 3.10. The van der Waals surface area contributed by atoms with Gasteiger partial charge >= 0.3 is 5.51 Å². The minimum atomic E-state index is -5.31. The van der Waals surface area contributed by atoms with E-state index in [0.717, 1.165) is 6.07 Å². The van der Waals surface area contributed by atoms with E-state index >= 15 is 0 Å². The van der Waals surface area contributed by atoms with Gasteiger partial charge in [-0.05, 0) is 18.4 Å². The molecule has 0 bridgehead atoms. The van der Waals surface area contributed by atoms with Crippen molar-refractivity contribution in [1.82, 2.24) is 0 Å². The zero-order valence-electron chi connectivity index (χ0n) is 9.49. The number of anilines is 1. The molecule has 0 spiro atoms. The van der Waals surface area contributed by atoms with Crippen LogP contribution in [0, 0.1) is 0 Å². The predicted octanol–water partition coefficient (Wildman–Crippen LogP) is 2.76. The highest BCUT2D eigenvalue weighted by Crippen LogP contribution is 2.34. The van der Waals surface area contributed by atoms with Crippen LogP contribution in [-0.2, 0) is 9.84 Å². The predicted molar refractivity (Wildman–Crippen MR) is 66.6 cm³/mol. The van der Waals surface area contributed by atoms with Gasteiger partial charge in [0.2, 0.25) is 0 Å². The third-order valence-corrected chi connectivity index (χ3v) is 4.26. The number of alkyl halides is 3. The van der Waals surface area contributed by atoms with Crippen LogP contribution >= 0.6 is 11.8 Å². The Morgan fingerprint density at radius 3 is 2.44 bits per heavy atom. The number of para-hydroxylation sites is 1. The molecular formula is C10H12F3NO2S2. The number of nitrogens with one attached hydrogen (secondary N) is 1. The normalized spacial score (nSPS) is 12.4. The van der Waals surface area contributed by atoms with E-state index in [0.29, 0.717) is 12.3 Å². The summed E-state index contributed by atoms with van der Waals surface area (Å²) in [6.45, 7) is 0.394. The number of rotatable bonds is 5. The first-order chi connectivity index (χ1) is 8.30. The maximum absolute atomic E-state index is 12.5. The molecule has 0 saturated heterocycles. The standard InChI is InChI=1S/C10H12F3NO2S2/c1-17-7-6-14-8-4-2-3-5-9(8)18(15,16)10(11,12)13/h2-5,14H,6-7H2,1H3. The van der Waals surface area contributed by atoms with Gasteiger partial charge in [-0.3, -0.25) is 0 Å². The van der Waals surface area contributed by atoms with Gasteiger partial charge in [0.25, 0.3) is 9.84 Å². The van der Waals surface area contributed by atoms with Crippen LogP contribution in [0.15, 0.2) is 29.2 Å².